The van der Waals surface area contributed by atoms with E-state index < -0.39 is 11.2 Å². The monoisotopic (exact) mass is 278 g/mol. The van der Waals surface area contributed by atoms with Gasteiger partial charge in [-0.25, -0.2) is 4.79 Å². The fraction of sp³-hybridized carbons (Fsp3) is 0.286. The van der Waals surface area contributed by atoms with Gasteiger partial charge in [0.25, 0.3) is 0 Å². The molecule has 100 valence electrons. The Balaban J connectivity index is 2.75. The maximum absolute atomic E-state index is 11.7. The Morgan fingerprint density at radius 1 is 1.53 bits per heavy atom. The van der Waals surface area contributed by atoms with Gasteiger partial charge in [-0.05, 0) is 24.6 Å². The summed E-state index contributed by atoms with van der Waals surface area (Å²) in [5, 5.41) is 8.51. The molecule has 0 fully saturated rings. The smallest absolute Gasteiger partial charge is 0.335 e. The summed E-state index contributed by atoms with van der Waals surface area (Å²) in [4.78, 5) is 23.3. The first-order valence-electron chi connectivity index (χ1n) is 5.68. The van der Waals surface area contributed by atoms with Crippen molar-refractivity contribution in [3.8, 4) is 12.3 Å². The number of carboxylic acid groups (broad SMARTS) is 1. The predicted molar refractivity (Wildman–Crippen MR) is 73.1 cm³/mol. The van der Waals surface area contributed by atoms with Crippen LogP contribution in [0.25, 0.3) is 0 Å². The van der Waals surface area contributed by atoms with Gasteiger partial charge in [0, 0.05) is 4.90 Å². The van der Waals surface area contributed by atoms with Crippen molar-refractivity contribution in [1.82, 2.24) is 0 Å². The Morgan fingerprint density at radius 3 is 2.84 bits per heavy atom. The van der Waals surface area contributed by atoms with Crippen molar-refractivity contribution in [3.63, 3.8) is 0 Å². The van der Waals surface area contributed by atoms with Gasteiger partial charge < -0.3 is 9.84 Å². The zero-order valence-corrected chi connectivity index (χ0v) is 11.3. The highest BCUT2D eigenvalue weighted by Gasteiger charge is 2.19. The molecule has 0 aliphatic heterocycles. The molecule has 0 bridgehead atoms. The summed E-state index contributed by atoms with van der Waals surface area (Å²) in [5.74, 6) is 0.857. The molecule has 19 heavy (non-hydrogen) atoms. The Morgan fingerprint density at radius 2 is 2.26 bits per heavy atom. The molecule has 5 heteroatoms. The highest BCUT2D eigenvalue weighted by Crippen LogP contribution is 2.27. The van der Waals surface area contributed by atoms with E-state index in [2.05, 4.69) is 5.92 Å². The van der Waals surface area contributed by atoms with Gasteiger partial charge in [-0.3, -0.25) is 4.79 Å². The lowest BCUT2D eigenvalue weighted by molar-refractivity contribution is -0.141. The summed E-state index contributed by atoms with van der Waals surface area (Å²) in [7, 11) is 0. The third-order valence-corrected chi connectivity index (χ3v) is 3.63. The van der Waals surface area contributed by atoms with Gasteiger partial charge in [0.1, 0.15) is 5.25 Å². The summed E-state index contributed by atoms with van der Waals surface area (Å²) < 4.78 is 4.88. The fourth-order valence-corrected chi connectivity index (χ4v) is 2.38. The van der Waals surface area contributed by atoms with Crippen LogP contribution in [0.3, 0.4) is 0 Å². The van der Waals surface area contributed by atoms with Crippen molar-refractivity contribution in [2.75, 3.05) is 6.61 Å². The van der Waals surface area contributed by atoms with Crippen LogP contribution in [0.5, 0.6) is 0 Å². The van der Waals surface area contributed by atoms with Crippen molar-refractivity contribution in [1.29, 1.82) is 0 Å². The van der Waals surface area contributed by atoms with Gasteiger partial charge in [-0.15, -0.1) is 18.2 Å². The fourth-order valence-electron chi connectivity index (χ4n) is 1.37. The minimum absolute atomic E-state index is 0.0505. The molecular formula is C14H14O4S. The normalized spacial score (nSPS) is 11.4. The number of benzene rings is 1. The Bertz CT molecular complexity index is 504. The van der Waals surface area contributed by atoms with Gasteiger partial charge in [0.2, 0.25) is 0 Å². The van der Waals surface area contributed by atoms with Crippen molar-refractivity contribution in [3.05, 3.63) is 29.8 Å². The van der Waals surface area contributed by atoms with E-state index in [4.69, 9.17) is 16.3 Å². The molecule has 1 N–H and O–H groups in total. The van der Waals surface area contributed by atoms with E-state index in [0.717, 1.165) is 0 Å². The van der Waals surface area contributed by atoms with Crippen LogP contribution in [-0.4, -0.2) is 28.9 Å². The summed E-state index contributed by atoms with van der Waals surface area (Å²) in [5.41, 5.74) is 0.192. The van der Waals surface area contributed by atoms with E-state index in [1.807, 2.05) is 6.92 Å². The molecule has 1 atom stereocenters. The van der Waals surface area contributed by atoms with Gasteiger partial charge in [0.05, 0.1) is 5.56 Å². The van der Waals surface area contributed by atoms with Crippen LogP contribution in [0.4, 0.5) is 0 Å². The van der Waals surface area contributed by atoms with E-state index >= 15 is 0 Å². The van der Waals surface area contributed by atoms with E-state index in [1.165, 1.54) is 23.9 Å². The van der Waals surface area contributed by atoms with Gasteiger partial charge in [-0.2, -0.15) is 0 Å². The molecule has 0 aliphatic rings. The second-order valence-electron chi connectivity index (χ2n) is 3.66. The average Bonchev–Trinajstić information content (AvgIpc) is 2.42. The average molecular weight is 278 g/mol. The number of carbonyl (C=O) groups is 2. The second kappa shape index (κ2) is 7.49. The van der Waals surface area contributed by atoms with E-state index in [1.54, 1.807) is 12.1 Å². The topological polar surface area (TPSA) is 63.6 Å². The number of ether oxygens (including phenoxy) is 1. The first-order valence-corrected chi connectivity index (χ1v) is 6.56. The third kappa shape index (κ3) is 4.68. The van der Waals surface area contributed by atoms with Crippen LogP contribution >= 0.6 is 11.8 Å². The molecule has 0 aliphatic carbocycles. The van der Waals surface area contributed by atoms with Gasteiger partial charge >= 0.3 is 11.9 Å². The third-order valence-electron chi connectivity index (χ3n) is 2.29. The van der Waals surface area contributed by atoms with Crippen LogP contribution < -0.4 is 0 Å². The van der Waals surface area contributed by atoms with Crippen LogP contribution in [0, 0.1) is 12.3 Å². The Kier molecular flexibility index (Phi) is 5.97. The predicted octanol–water partition coefficient (Wildman–Crippen LogP) is 2.43. The number of thioether (sulfide) groups is 1. The molecule has 0 aromatic heterocycles. The number of aromatic carboxylic acids is 1. The summed E-state index contributed by atoms with van der Waals surface area (Å²) in [6.45, 7) is 1.81. The molecule has 1 unspecified atom stereocenters. The molecule has 0 heterocycles. The lowest BCUT2D eigenvalue weighted by Gasteiger charge is -2.13. The maximum Gasteiger partial charge on any atom is 0.335 e. The lowest BCUT2D eigenvalue weighted by Crippen LogP contribution is -2.19. The molecule has 0 radical (unpaired) electrons. The number of hydrogen-bond acceptors (Lipinski definition) is 4. The SMILES string of the molecule is C#CCOC(=O)C(CC)Sc1cccc(C(=O)O)c1. The molecule has 1 rings (SSSR count). The van der Waals surface area contributed by atoms with E-state index in [9.17, 15) is 9.59 Å². The second-order valence-corrected chi connectivity index (χ2v) is 4.94. The molecule has 0 amide bonds. The molecule has 1 aromatic rings. The number of esters is 1. The van der Waals surface area contributed by atoms with Crippen molar-refractivity contribution in [2.24, 2.45) is 0 Å². The van der Waals surface area contributed by atoms with Crippen LogP contribution in [0.15, 0.2) is 29.2 Å². The van der Waals surface area contributed by atoms with E-state index in [0.29, 0.717) is 11.3 Å². The van der Waals surface area contributed by atoms with E-state index in [-0.39, 0.29) is 18.1 Å². The summed E-state index contributed by atoms with van der Waals surface area (Å²) >= 11 is 1.27. The van der Waals surface area contributed by atoms with Crippen molar-refractivity contribution >= 4 is 23.7 Å². The molecule has 0 saturated carbocycles. The maximum atomic E-state index is 11.7. The number of hydrogen-bond donors (Lipinski definition) is 1. The summed E-state index contributed by atoms with van der Waals surface area (Å²) in [6.07, 6.45) is 5.60. The first-order chi connectivity index (χ1) is 9.08. The number of rotatable bonds is 6. The Labute approximate surface area is 116 Å². The molecule has 0 saturated heterocycles. The van der Waals surface area contributed by atoms with Crippen LogP contribution in [-0.2, 0) is 9.53 Å². The molecule has 1 aromatic carbocycles. The van der Waals surface area contributed by atoms with Crippen LogP contribution in [0.2, 0.25) is 0 Å². The quantitative estimate of drug-likeness (QED) is 0.492. The summed E-state index contributed by atoms with van der Waals surface area (Å²) in [6, 6.07) is 6.44. The zero-order valence-electron chi connectivity index (χ0n) is 10.5. The molecular weight excluding hydrogens is 264 g/mol. The largest absolute Gasteiger partial charge is 0.478 e. The first kappa shape index (κ1) is 15.1. The highest BCUT2D eigenvalue weighted by molar-refractivity contribution is 8.00. The minimum atomic E-state index is -0.995. The van der Waals surface area contributed by atoms with Crippen LogP contribution in [0.1, 0.15) is 23.7 Å². The van der Waals surface area contributed by atoms with Crippen molar-refractivity contribution < 1.29 is 19.4 Å². The lowest BCUT2D eigenvalue weighted by atomic mass is 10.2. The highest BCUT2D eigenvalue weighted by atomic mass is 32.2. The molecule has 0 spiro atoms. The zero-order chi connectivity index (χ0) is 14.3. The van der Waals surface area contributed by atoms with Gasteiger partial charge in [0.15, 0.2) is 6.61 Å². The number of carboxylic acids is 1. The number of carbonyl (C=O) groups excluding carboxylic acids is 1. The number of terminal acetylenes is 1. The standard InChI is InChI=1S/C14H14O4S/c1-3-8-18-14(17)12(4-2)19-11-7-5-6-10(9-11)13(15)16/h1,5-7,9,12H,4,8H2,2H3,(H,15,16). The van der Waals surface area contributed by atoms with Crippen molar-refractivity contribution in [2.45, 2.75) is 23.5 Å². The Hall–Kier alpha value is -1.93. The van der Waals surface area contributed by atoms with Gasteiger partial charge in [-0.1, -0.05) is 18.9 Å². The molecule has 4 nitrogen and oxygen atoms in total. The minimum Gasteiger partial charge on any atom is -0.478 e.